The Morgan fingerprint density at radius 3 is 2.30 bits per heavy atom. The molecule has 0 aliphatic carbocycles. The lowest BCUT2D eigenvalue weighted by Gasteiger charge is -2.19. The first kappa shape index (κ1) is 30.3. The number of carbonyl (C=O) groups is 2. The molecule has 2 heterocycles. The number of alkyl halides is 5. The molecule has 0 saturated heterocycles. The number of fused-ring (bicyclic) bond motifs is 1. The van der Waals surface area contributed by atoms with Gasteiger partial charge in [-0.05, 0) is 68.8 Å². The number of hydrogen-bond acceptors (Lipinski definition) is 7. The molecular weight excluding hydrogens is 593 g/mol. The van der Waals surface area contributed by atoms with Crippen LogP contribution in [0.4, 0.5) is 27.6 Å². The largest absolute Gasteiger partial charge is 0.586 e. The van der Waals surface area contributed by atoms with E-state index in [0.717, 1.165) is 16.8 Å². The summed E-state index contributed by atoms with van der Waals surface area (Å²) in [6.07, 6.45) is -8.62. The quantitative estimate of drug-likeness (QED) is 0.176. The molecule has 0 spiro atoms. The number of nitrogens with zero attached hydrogens (tertiary/aromatic N) is 2. The van der Waals surface area contributed by atoms with Gasteiger partial charge in [-0.25, -0.2) is 9.48 Å². The number of amides is 1. The third-order valence-corrected chi connectivity index (χ3v) is 5.95. The van der Waals surface area contributed by atoms with E-state index in [1.54, 1.807) is 32.9 Å². The van der Waals surface area contributed by atoms with E-state index in [9.17, 15) is 31.5 Å². The van der Waals surface area contributed by atoms with Crippen LogP contribution in [0.15, 0.2) is 72.8 Å². The van der Waals surface area contributed by atoms with E-state index in [-0.39, 0.29) is 40.9 Å². The summed E-state index contributed by atoms with van der Waals surface area (Å²) < 4.78 is 88.0. The van der Waals surface area contributed by atoms with Gasteiger partial charge in [-0.15, -0.1) is 8.78 Å². The van der Waals surface area contributed by atoms with Crippen molar-refractivity contribution in [2.45, 2.75) is 45.5 Å². The molecule has 0 fully saturated rings. The van der Waals surface area contributed by atoms with Crippen LogP contribution in [-0.2, 0) is 17.5 Å². The minimum absolute atomic E-state index is 0.0261. The molecule has 1 aromatic heterocycles. The Balaban J connectivity index is 1.34. The summed E-state index contributed by atoms with van der Waals surface area (Å²) in [5.41, 5.74) is -0.847. The van der Waals surface area contributed by atoms with Crippen LogP contribution in [0.2, 0.25) is 0 Å². The molecule has 4 aromatic rings. The van der Waals surface area contributed by atoms with Crippen LogP contribution in [0.3, 0.4) is 0 Å². The molecule has 0 saturated carbocycles. The van der Waals surface area contributed by atoms with E-state index in [1.807, 2.05) is 0 Å². The second kappa shape index (κ2) is 11.2. The predicted octanol–water partition coefficient (Wildman–Crippen LogP) is 7.00. The molecule has 1 aliphatic heterocycles. The minimum Gasteiger partial charge on any atom is -0.473 e. The number of halogens is 5. The Hall–Kier alpha value is -5.14. The van der Waals surface area contributed by atoms with Gasteiger partial charge in [-0.2, -0.15) is 18.3 Å². The zero-order valence-electron chi connectivity index (χ0n) is 23.4. The van der Waals surface area contributed by atoms with Crippen LogP contribution < -0.4 is 19.5 Å². The van der Waals surface area contributed by atoms with Gasteiger partial charge in [0.1, 0.15) is 12.2 Å². The molecule has 5 rings (SSSR count). The lowest BCUT2D eigenvalue weighted by atomic mass is 10.1. The molecule has 1 N–H and O–H groups in total. The molecule has 0 unspecified atom stereocenters. The highest BCUT2D eigenvalue weighted by Gasteiger charge is 2.43. The van der Waals surface area contributed by atoms with Crippen molar-refractivity contribution in [1.82, 2.24) is 9.78 Å². The number of rotatable bonds is 7. The first-order valence-electron chi connectivity index (χ1n) is 13.0. The smallest absolute Gasteiger partial charge is 0.473 e. The first-order valence-corrected chi connectivity index (χ1v) is 13.0. The van der Waals surface area contributed by atoms with Gasteiger partial charge >= 0.3 is 18.4 Å². The molecule has 9 nitrogen and oxygen atoms in total. The van der Waals surface area contributed by atoms with Crippen LogP contribution in [0, 0.1) is 0 Å². The lowest BCUT2D eigenvalue weighted by molar-refractivity contribution is -0.286. The van der Waals surface area contributed by atoms with Gasteiger partial charge in [-0.3, -0.25) is 4.79 Å². The summed E-state index contributed by atoms with van der Waals surface area (Å²) in [6, 6.07) is 16.1. The molecule has 14 heteroatoms. The zero-order valence-corrected chi connectivity index (χ0v) is 23.4. The number of benzene rings is 3. The van der Waals surface area contributed by atoms with E-state index < -0.39 is 35.6 Å². The molecule has 0 bridgehead atoms. The average Bonchev–Trinajstić information content (AvgIpc) is 3.51. The minimum atomic E-state index is -4.79. The van der Waals surface area contributed by atoms with Crippen molar-refractivity contribution in [3.05, 3.63) is 95.2 Å². The van der Waals surface area contributed by atoms with E-state index in [4.69, 9.17) is 9.47 Å². The number of nitrogens with one attached hydrogen (secondary N) is 1. The van der Waals surface area contributed by atoms with E-state index in [2.05, 4.69) is 19.9 Å². The van der Waals surface area contributed by atoms with Gasteiger partial charge < -0.3 is 24.3 Å². The Labute approximate surface area is 247 Å². The fourth-order valence-electron chi connectivity index (χ4n) is 4.03. The van der Waals surface area contributed by atoms with E-state index >= 15 is 0 Å². The number of anilines is 1. The fraction of sp³-hybridized carbons (Fsp3) is 0.233. The van der Waals surface area contributed by atoms with Crippen molar-refractivity contribution < 1.29 is 50.5 Å². The first-order chi connectivity index (χ1) is 20.6. The topological polar surface area (TPSA) is 101 Å². The highest BCUT2D eigenvalue weighted by atomic mass is 19.4. The Kier molecular flexibility index (Phi) is 7.70. The fourth-order valence-corrected chi connectivity index (χ4v) is 4.03. The third kappa shape index (κ3) is 7.07. The van der Waals surface area contributed by atoms with Crippen molar-refractivity contribution in [1.29, 1.82) is 0 Å². The molecule has 44 heavy (non-hydrogen) atoms. The average molecular weight is 618 g/mol. The van der Waals surface area contributed by atoms with Crippen molar-refractivity contribution in [3.63, 3.8) is 0 Å². The standard InChI is InChI=1S/C30H24F5N3O6/c1-28(2,3)44-27(40)18-9-7-17(8-10-18)16-41-25-15-24(29(31,32)33)37-38(25)21-6-4-5-19(13-21)26(39)36-20-11-12-22-23(14-20)43-30(34,35)42-22/h4-15H,16H2,1-3H3,(H,36,39). The maximum absolute atomic E-state index is 13.6. The van der Waals surface area contributed by atoms with Gasteiger partial charge in [0.15, 0.2) is 17.2 Å². The maximum atomic E-state index is 13.6. The molecule has 0 radical (unpaired) electrons. The Bertz CT molecular complexity index is 1710. The molecule has 0 atom stereocenters. The highest BCUT2D eigenvalue weighted by molar-refractivity contribution is 6.04. The third-order valence-electron chi connectivity index (χ3n) is 5.95. The monoisotopic (exact) mass is 617 g/mol. The Morgan fingerprint density at radius 1 is 0.909 bits per heavy atom. The van der Waals surface area contributed by atoms with Gasteiger partial charge in [0.05, 0.1) is 11.3 Å². The van der Waals surface area contributed by atoms with Crippen molar-refractivity contribution in [3.8, 4) is 23.1 Å². The Morgan fingerprint density at radius 2 is 1.61 bits per heavy atom. The molecule has 230 valence electrons. The number of aromatic nitrogens is 2. The van der Waals surface area contributed by atoms with Crippen LogP contribution in [0.5, 0.6) is 17.4 Å². The lowest BCUT2D eigenvalue weighted by Crippen LogP contribution is -2.25. The summed E-state index contributed by atoms with van der Waals surface area (Å²) in [5, 5.41) is 6.16. The SMILES string of the molecule is CC(C)(C)OC(=O)c1ccc(COc2cc(C(F)(F)F)nn2-c2cccc(C(=O)Nc3ccc4c(c3)OC(F)(F)O4)c2)cc1. The predicted molar refractivity (Wildman–Crippen MR) is 145 cm³/mol. The van der Waals surface area contributed by atoms with Crippen molar-refractivity contribution >= 4 is 17.6 Å². The molecular formula is C30H24F5N3O6. The van der Waals surface area contributed by atoms with Crippen LogP contribution >= 0.6 is 0 Å². The van der Waals surface area contributed by atoms with E-state index in [1.165, 1.54) is 48.5 Å². The molecule has 1 amide bonds. The maximum Gasteiger partial charge on any atom is 0.586 e. The van der Waals surface area contributed by atoms with Crippen molar-refractivity contribution in [2.24, 2.45) is 0 Å². The summed E-state index contributed by atoms with van der Waals surface area (Å²) in [7, 11) is 0. The summed E-state index contributed by atoms with van der Waals surface area (Å²) in [4.78, 5) is 25.2. The summed E-state index contributed by atoms with van der Waals surface area (Å²) >= 11 is 0. The normalized spacial score (nSPS) is 13.8. The number of hydrogen-bond donors (Lipinski definition) is 1. The van der Waals surface area contributed by atoms with Crippen LogP contribution in [-0.4, -0.2) is 33.6 Å². The van der Waals surface area contributed by atoms with Crippen LogP contribution in [0.1, 0.15) is 52.7 Å². The highest BCUT2D eigenvalue weighted by Crippen LogP contribution is 2.42. The van der Waals surface area contributed by atoms with Gasteiger partial charge in [0.2, 0.25) is 5.88 Å². The molecule has 3 aromatic carbocycles. The summed E-state index contributed by atoms with van der Waals surface area (Å²) in [6.45, 7) is 5.04. The molecule has 1 aliphatic rings. The van der Waals surface area contributed by atoms with Crippen LogP contribution in [0.25, 0.3) is 5.69 Å². The van der Waals surface area contributed by atoms with E-state index in [0.29, 0.717) is 11.1 Å². The number of carbonyl (C=O) groups excluding carboxylic acids is 2. The second-order valence-electron chi connectivity index (χ2n) is 10.6. The second-order valence-corrected chi connectivity index (χ2v) is 10.6. The van der Waals surface area contributed by atoms with Gasteiger partial charge in [0, 0.05) is 23.4 Å². The van der Waals surface area contributed by atoms with Gasteiger partial charge in [-0.1, -0.05) is 18.2 Å². The van der Waals surface area contributed by atoms with Gasteiger partial charge in [0.25, 0.3) is 5.91 Å². The summed E-state index contributed by atoms with van der Waals surface area (Å²) in [5.74, 6) is -1.96. The number of ether oxygens (including phenoxy) is 4. The zero-order chi connectivity index (χ0) is 31.9. The van der Waals surface area contributed by atoms with Crippen molar-refractivity contribution in [2.75, 3.05) is 5.32 Å². The number of esters is 1.